The van der Waals surface area contributed by atoms with Crippen LogP contribution in [0.5, 0.6) is 0 Å². The molecule has 0 saturated heterocycles. The number of imidazole rings is 2. The van der Waals surface area contributed by atoms with Crippen LogP contribution in [0.2, 0.25) is 0 Å². The van der Waals surface area contributed by atoms with Crippen molar-refractivity contribution < 1.29 is 0 Å². The third kappa shape index (κ3) is 1.32. The fourth-order valence-corrected chi connectivity index (χ4v) is 2.12. The van der Waals surface area contributed by atoms with Crippen LogP contribution in [0.15, 0.2) is 61.2 Å². The molecule has 86 valence electrons. The number of hydrogen-bond donors (Lipinski definition) is 0. The lowest BCUT2D eigenvalue weighted by Crippen LogP contribution is -1.77. The van der Waals surface area contributed by atoms with Crippen molar-refractivity contribution in [1.82, 2.24) is 18.8 Å². The zero-order valence-electron chi connectivity index (χ0n) is 9.56. The average Bonchev–Trinajstić information content (AvgIpc) is 3.02. The smallest absolute Gasteiger partial charge is 0.137 e. The first kappa shape index (κ1) is 9.41. The van der Waals surface area contributed by atoms with Gasteiger partial charge in [0.15, 0.2) is 0 Å². The zero-order chi connectivity index (χ0) is 11.9. The van der Waals surface area contributed by atoms with E-state index >= 15 is 0 Å². The van der Waals surface area contributed by atoms with Crippen LogP contribution in [-0.4, -0.2) is 18.8 Å². The summed E-state index contributed by atoms with van der Waals surface area (Å²) in [6, 6.07) is 11.9. The van der Waals surface area contributed by atoms with Crippen LogP contribution in [0, 0.1) is 0 Å². The largest absolute Gasteiger partial charge is 0.306 e. The van der Waals surface area contributed by atoms with Crippen molar-refractivity contribution in [2.24, 2.45) is 0 Å². The van der Waals surface area contributed by atoms with E-state index in [4.69, 9.17) is 0 Å². The van der Waals surface area contributed by atoms with E-state index < -0.39 is 0 Å². The quantitative estimate of drug-likeness (QED) is 0.507. The third-order valence-corrected chi connectivity index (χ3v) is 2.99. The molecule has 0 radical (unpaired) electrons. The molecule has 0 unspecified atom stereocenters. The second-order valence-corrected chi connectivity index (χ2v) is 4.18. The predicted molar refractivity (Wildman–Crippen MR) is 69.4 cm³/mol. The molecule has 0 N–H and O–H groups in total. The molecule has 0 fully saturated rings. The number of aromatic nitrogens is 4. The van der Waals surface area contributed by atoms with Crippen LogP contribution in [0.1, 0.15) is 0 Å². The number of nitrogens with zero attached hydrogens (tertiary/aromatic N) is 4. The zero-order valence-corrected chi connectivity index (χ0v) is 9.56. The van der Waals surface area contributed by atoms with E-state index in [0.717, 1.165) is 22.7 Å². The van der Waals surface area contributed by atoms with Crippen molar-refractivity contribution >= 4 is 11.3 Å². The highest BCUT2D eigenvalue weighted by atomic mass is 15.0. The summed E-state index contributed by atoms with van der Waals surface area (Å²) < 4.78 is 4.00. The second kappa shape index (κ2) is 3.43. The van der Waals surface area contributed by atoms with Gasteiger partial charge in [-0.3, -0.25) is 0 Å². The lowest BCUT2D eigenvalue weighted by atomic mass is 10.4. The first-order valence-electron chi connectivity index (χ1n) is 5.78. The van der Waals surface area contributed by atoms with Crippen LogP contribution < -0.4 is 0 Å². The Morgan fingerprint density at radius 1 is 0.667 bits per heavy atom. The minimum absolute atomic E-state index is 0.893. The molecule has 0 aliphatic carbocycles. The molecule has 4 rings (SSSR count). The molecule has 0 aliphatic heterocycles. The molecule has 4 aromatic heterocycles. The minimum atomic E-state index is 0.893. The van der Waals surface area contributed by atoms with Gasteiger partial charge in [-0.25, -0.2) is 9.97 Å². The highest BCUT2D eigenvalue weighted by molar-refractivity contribution is 5.61. The highest BCUT2D eigenvalue weighted by Gasteiger charge is 2.07. The number of rotatable bonds is 1. The molecular weight excluding hydrogens is 224 g/mol. The molecule has 0 bridgehead atoms. The summed E-state index contributed by atoms with van der Waals surface area (Å²) in [6.07, 6.45) is 7.97. The second-order valence-electron chi connectivity index (χ2n) is 4.18. The SMILES string of the molecule is c1ccn2cc(-c3cn4ccccc4n3)nc2c1. The Kier molecular flexibility index (Phi) is 1.80. The molecule has 0 saturated carbocycles. The molecule has 4 aromatic rings. The summed E-state index contributed by atoms with van der Waals surface area (Å²) in [7, 11) is 0. The first-order valence-corrected chi connectivity index (χ1v) is 5.78. The van der Waals surface area contributed by atoms with E-state index in [0.29, 0.717) is 0 Å². The average molecular weight is 234 g/mol. The molecule has 0 amide bonds. The topological polar surface area (TPSA) is 34.6 Å². The Labute approximate surface area is 103 Å². The minimum Gasteiger partial charge on any atom is -0.306 e. The van der Waals surface area contributed by atoms with Gasteiger partial charge in [-0.15, -0.1) is 0 Å². The van der Waals surface area contributed by atoms with Gasteiger partial charge in [-0.1, -0.05) is 12.1 Å². The van der Waals surface area contributed by atoms with Gasteiger partial charge in [0.25, 0.3) is 0 Å². The van der Waals surface area contributed by atoms with Gasteiger partial charge >= 0.3 is 0 Å². The third-order valence-electron chi connectivity index (χ3n) is 2.99. The Bertz CT molecular complexity index is 703. The van der Waals surface area contributed by atoms with Crippen LogP contribution >= 0.6 is 0 Å². The van der Waals surface area contributed by atoms with Crippen molar-refractivity contribution in [2.45, 2.75) is 0 Å². The summed E-state index contributed by atoms with van der Waals surface area (Å²) >= 11 is 0. The highest BCUT2D eigenvalue weighted by Crippen LogP contribution is 2.18. The summed E-state index contributed by atoms with van der Waals surface area (Å²) in [5.74, 6) is 0. The summed E-state index contributed by atoms with van der Waals surface area (Å²) in [4.78, 5) is 9.13. The van der Waals surface area contributed by atoms with Crippen molar-refractivity contribution in [3.8, 4) is 11.4 Å². The summed E-state index contributed by atoms with van der Waals surface area (Å²) in [6.45, 7) is 0. The van der Waals surface area contributed by atoms with Gasteiger partial charge in [-0.2, -0.15) is 0 Å². The van der Waals surface area contributed by atoms with Gasteiger partial charge in [0.2, 0.25) is 0 Å². The van der Waals surface area contributed by atoms with E-state index in [1.807, 2.05) is 70.0 Å². The van der Waals surface area contributed by atoms with Gasteiger partial charge in [-0.05, 0) is 24.3 Å². The van der Waals surface area contributed by atoms with Crippen LogP contribution in [0.3, 0.4) is 0 Å². The molecule has 0 spiro atoms. The normalized spacial score (nSPS) is 11.3. The Morgan fingerprint density at radius 3 is 1.61 bits per heavy atom. The van der Waals surface area contributed by atoms with Crippen molar-refractivity contribution in [2.75, 3.05) is 0 Å². The standard InChI is InChI=1S/C14H10N4/c1-3-7-17-9-11(15-13(17)5-1)12-10-18-8-4-2-6-14(18)16-12/h1-10H. The number of pyridine rings is 2. The number of hydrogen-bond acceptors (Lipinski definition) is 2. The van der Waals surface area contributed by atoms with Crippen molar-refractivity contribution in [3.63, 3.8) is 0 Å². The molecule has 0 atom stereocenters. The van der Waals surface area contributed by atoms with Crippen LogP contribution in [-0.2, 0) is 0 Å². The van der Waals surface area contributed by atoms with Crippen LogP contribution in [0.25, 0.3) is 22.7 Å². The monoisotopic (exact) mass is 234 g/mol. The van der Waals surface area contributed by atoms with Crippen LogP contribution in [0.4, 0.5) is 0 Å². The molecule has 4 nitrogen and oxygen atoms in total. The van der Waals surface area contributed by atoms with E-state index in [1.165, 1.54) is 0 Å². The van der Waals surface area contributed by atoms with Crippen molar-refractivity contribution in [1.29, 1.82) is 0 Å². The lowest BCUT2D eigenvalue weighted by Gasteiger charge is -1.86. The molecule has 0 aromatic carbocycles. The Balaban J connectivity index is 1.95. The maximum atomic E-state index is 4.57. The maximum absolute atomic E-state index is 4.57. The molecular formula is C14H10N4. The molecule has 4 heterocycles. The number of fused-ring (bicyclic) bond motifs is 2. The Hall–Kier alpha value is -2.62. The fraction of sp³-hybridized carbons (Fsp3) is 0. The maximum Gasteiger partial charge on any atom is 0.137 e. The predicted octanol–water partition coefficient (Wildman–Crippen LogP) is 2.65. The lowest BCUT2D eigenvalue weighted by molar-refractivity contribution is 1.19. The van der Waals surface area contributed by atoms with E-state index in [1.54, 1.807) is 0 Å². The Morgan fingerprint density at radius 2 is 1.17 bits per heavy atom. The van der Waals surface area contributed by atoms with Gasteiger partial charge in [0, 0.05) is 24.8 Å². The van der Waals surface area contributed by atoms with E-state index in [-0.39, 0.29) is 0 Å². The first-order chi connectivity index (χ1) is 8.90. The summed E-state index contributed by atoms with van der Waals surface area (Å²) in [5.41, 5.74) is 3.66. The van der Waals surface area contributed by atoms with Gasteiger partial charge in [0.1, 0.15) is 22.7 Å². The van der Waals surface area contributed by atoms with E-state index in [9.17, 15) is 0 Å². The van der Waals surface area contributed by atoms with Crippen molar-refractivity contribution in [3.05, 3.63) is 61.2 Å². The molecule has 18 heavy (non-hydrogen) atoms. The van der Waals surface area contributed by atoms with Gasteiger partial charge in [0.05, 0.1) is 0 Å². The summed E-state index contributed by atoms with van der Waals surface area (Å²) in [5, 5.41) is 0. The molecule has 4 heteroatoms. The fourth-order valence-electron chi connectivity index (χ4n) is 2.12. The van der Waals surface area contributed by atoms with Gasteiger partial charge < -0.3 is 8.80 Å². The van der Waals surface area contributed by atoms with E-state index in [2.05, 4.69) is 9.97 Å². The molecule has 0 aliphatic rings.